The molecule has 2 aromatic heterocycles. The minimum atomic E-state index is -0.844. The Hall–Kier alpha value is -4.13. The van der Waals surface area contributed by atoms with Gasteiger partial charge >= 0.3 is 11.6 Å². The van der Waals surface area contributed by atoms with Crippen LogP contribution in [-0.2, 0) is 16.1 Å². The average Bonchev–Trinajstić information content (AvgIpc) is 2.83. The molecular formula is C25H21NO6. The van der Waals surface area contributed by atoms with Crippen molar-refractivity contribution in [2.75, 3.05) is 7.11 Å². The van der Waals surface area contributed by atoms with Gasteiger partial charge in [-0.3, -0.25) is 9.78 Å². The maximum absolute atomic E-state index is 12.9. The number of fused-ring (bicyclic) bond motifs is 1. The zero-order valence-corrected chi connectivity index (χ0v) is 17.4. The van der Waals surface area contributed by atoms with Crippen LogP contribution in [0.2, 0.25) is 0 Å². The summed E-state index contributed by atoms with van der Waals surface area (Å²) in [4.78, 5) is 29.4. The van der Waals surface area contributed by atoms with E-state index in [0.717, 1.165) is 5.69 Å². The molecule has 0 amide bonds. The van der Waals surface area contributed by atoms with Gasteiger partial charge in [-0.15, -0.1) is 0 Å². The van der Waals surface area contributed by atoms with Crippen molar-refractivity contribution >= 4 is 16.9 Å². The number of methoxy groups -OCH3 is 1. The molecule has 0 saturated heterocycles. The third kappa shape index (κ3) is 4.32. The molecular weight excluding hydrogens is 410 g/mol. The third-order valence-electron chi connectivity index (χ3n) is 5.16. The van der Waals surface area contributed by atoms with Crippen molar-refractivity contribution in [2.24, 2.45) is 0 Å². The van der Waals surface area contributed by atoms with E-state index in [0.29, 0.717) is 16.7 Å². The lowest BCUT2D eigenvalue weighted by Gasteiger charge is -2.20. The Morgan fingerprint density at radius 3 is 2.59 bits per heavy atom. The highest BCUT2D eigenvalue weighted by atomic mass is 16.5. The second-order valence-electron chi connectivity index (χ2n) is 7.13. The van der Waals surface area contributed by atoms with Crippen LogP contribution < -0.4 is 10.4 Å². The van der Waals surface area contributed by atoms with Crippen molar-refractivity contribution in [3.05, 3.63) is 100 Å². The quantitative estimate of drug-likeness (QED) is 0.346. The van der Waals surface area contributed by atoms with Crippen molar-refractivity contribution in [2.45, 2.75) is 18.9 Å². The molecule has 2 aromatic carbocycles. The van der Waals surface area contributed by atoms with Crippen LogP contribution in [-0.4, -0.2) is 23.2 Å². The zero-order valence-electron chi connectivity index (χ0n) is 17.4. The summed E-state index contributed by atoms with van der Waals surface area (Å²) >= 11 is 0. The van der Waals surface area contributed by atoms with E-state index in [1.54, 1.807) is 54.7 Å². The molecule has 2 heterocycles. The van der Waals surface area contributed by atoms with Crippen molar-refractivity contribution in [3.63, 3.8) is 0 Å². The summed E-state index contributed by atoms with van der Waals surface area (Å²) in [5.41, 5.74) is 0.777. The van der Waals surface area contributed by atoms with Gasteiger partial charge in [-0.25, -0.2) is 4.79 Å². The van der Waals surface area contributed by atoms with Gasteiger partial charge in [-0.05, 0) is 30.3 Å². The molecule has 0 aliphatic carbocycles. The number of para-hydroxylation sites is 2. The summed E-state index contributed by atoms with van der Waals surface area (Å²) in [7, 11) is 1.27. The highest BCUT2D eigenvalue weighted by Crippen LogP contribution is 2.39. The third-order valence-corrected chi connectivity index (χ3v) is 5.16. The predicted molar refractivity (Wildman–Crippen MR) is 118 cm³/mol. The van der Waals surface area contributed by atoms with Crippen molar-refractivity contribution in [1.82, 2.24) is 4.98 Å². The number of aromatic nitrogens is 1. The zero-order chi connectivity index (χ0) is 22.5. The van der Waals surface area contributed by atoms with E-state index in [2.05, 4.69) is 4.98 Å². The Bertz CT molecular complexity index is 1300. The van der Waals surface area contributed by atoms with E-state index in [9.17, 15) is 14.7 Å². The number of esters is 1. The summed E-state index contributed by atoms with van der Waals surface area (Å²) in [6.45, 7) is 0.196. The lowest BCUT2D eigenvalue weighted by molar-refractivity contribution is -0.140. The number of nitrogens with zero attached hydrogens (tertiary/aromatic N) is 1. The maximum Gasteiger partial charge on any atom is 0.343 e. The van der Waals surface area contributed by atoms with Crippen molar-refractivity contribution < 1.29 is 23.8 Å². The van der Waals surface area contributed by atoms with Gasteiger partial charge < -0.3 is 19.0 Å². The number of carbonyl (C=O) groups is 1. The molecule has 0 aliphatic rings. The first-order chi connectivity index (χ1) is 15.6. The molecule has 0 fully saturated rings. The van der Waals surface area contributed by atoms with E-state index in [1.165, 1.54) is 7.11 Å². The molecule has 0 bridgehead atoms. The van der Waals surface area contributed by atoms with E-state index < -0.39 is 17.5 Å². The number of carbonyl (C=O) groups excluding carboxylic acids is 1. The summed E-state index contributed by atoms with van der Waals surface area (Å²) in [6, 6.07) is 19.2. The summed E-state index contributed by atoms with van der Waals surface area (Å²) in [5, 5.41) is 11.4. The topological polar surface area (TPSA) is 98.9 Å². The highest BCUT2D eigenvalue weighted by Gasteiger charge is 2.29. The van der Waals surface area contributed by atoms with E-state index in [4.69, 9.17) is 13.9 Å². The van der Waals surface area contributed by atoms with Gasteiger partial charge in [0, 0.05) is 17.7 Å². The predicted octanol–water partition coefficient (Wildman–Crippen LogP) is 4.17. The number of rotatable bonds is 7. The van der Waals surface area contributed by atoms with Crippen LogP contribution in [0.1, 0.15) is 29.2 Å². The van der Waals surface area contributed by atoms with Crippen LogP contribution in [0.3, 0.4) is 0 Å². The molecule has 4 aromatic rings. The molecule has 4 rings (SSSR count). The van der Waals surface area contributed by atoms with Crippen LogP contribution in [0.5, 0.6) is 11.5 Å². The van der Waals surface area contributed by atoms with Gasteiger partial charge in [0.25, 0.3) is 0 Å². The molecule has 7 nitrogen and oxygen atoms in total. The SMILES string of the molecule is COC(=O)C[C@H](c1ccccc1OCc1ccccn1)c1c(O)c2ccccc2oc1=O. The first-order valence-electron chi connectivity index (χ1n) is 10.0. The van der Waals surface area contributed by atoms with Crippen molar-refractivity contribution in [1.29, 1.82) is 0 Å². The Kier molecular flexibility index (Phi) is 6.17. The molecule has 32 heavy (non-hydrogen) atoms. The number of benzene rings is 2. The van der Waals surface area contributed by atoms with Gasteiger partial charge in [0.15, 0.2) is 0 Å². The fraction of sp³-hybridized carbons (Fsp3) is 0.160. The molecule has 0 spiro atoms. The van der Waals surface area contributed by atoms with E-state index in [-0.39, 0.29) is 29.9 Å². The van der Waals surface area contributed by atoms with Crippen molar-refractivity contribution in [3.8, 4) is 11.5 Å². The van der Waals surface area contributed by atoms with Crippen LogP contribution in [0.15, 0.2) is 82.1 Å². The molecule has 0 unspecified atom stereocenters. The second kappa shape index (κ2) is 9.34. The molecule has 0 aliphatic heterocycles. The Labute approximate surface area is 183 Å². The average molecular weight is 431 g/mol. The second-order valence-corrected chi connectivity index (χ2v) is 7.13. The molecule has 0 radical (unpaired) electrons. The number of ether oxygens (including phenoxy) is 2. The normalized spacial score (nSPS) is 11.8. The van der Waals surface area contributed by atoms with Gasteiger partial charge in [0.2, 0.25) is 0 Å². The fourth-order valence-electron chi connectivity index (χ4n) is 3.61. The van der Waals surface area contributed by atoms with Crippen LogP contribution in [0.4, 0.5) is 0 Å². The van der Waals surface area contributed by atoms with Gasteiger partial charge in [0.1, 0.15) is 23.7 Å². The number of pyridine rings is 1. The minimum absolute atomic E-state index is 0.0250. The Morgan fingerprint density at radius 1 is 1.06 bits per heavy atom. The largest absolute Gasteiger partial charge is 0.507 e. The lowest BCUT2D eigenvalue weighted by Crippen LogP contribution is -2.18. The van der Waals surface area contributed by atoms with Crippen LogP contribution >= 0.6 is 0 Å². The van der Waals surface area contributed by atoms with Crippen LogP contribution in [0, 0.1) is 0 Å². The first-order valence-corrected chi connectivity index (χ1v) is 10.0. The van der Waals surface area contributed by atoms with Gasteiger partial charge in [-0.2, -0.15) is 0 Å². The smallest absolute Gasteiger partial charge is 0.343 e. The van der Waals surface area contributed by atoms with E-state index in [1.807, 2.05) is 18.2 Å². The first kappa shape index (κ1) is 21.1. The van der Waals surface area contributed by atoms with Gasteiger partial charge in [0.05, 0.1) is 30.2 Å². The van der Waals surface area contributed by atoms with Crippen LogP contribution in [0.25, 0.3) is 11.0 Å². The number of aromatic hydroxyl groups is 1. The Balaban J connectivity index is 1.81. The summed E-state index contributed by atoms with van der Waals surface area (Å²) in [6.07, 6.45) is 1.49. The number of hydrogen-bond acceptors (Lipinski definition) is 7. The monoisotopic (exact) mass is 431 g/mol. The fourth-order valence-corrected chi connectivity index (χ4v) is 3.61. The molecule has 0 saturated carbocycles. The Morgan fingerprint density at radius 2 is 1.81 bits per heavy atom. The minimum Gasteiger partial charge on any atom is -0.507 e. The summed E-state index contributed by atoms with van der Waals surface area (Å²) < 4.78 is 16.3. The lowest BCUT2D eigenvalue weighted by atomic mass is 9.87. The van der Waals surface area contributed by atoms with Gasteiger partial charge in [-0.1, -0.05) is 36.4 Å². The maximum atomic E-state index is 12.9. The highest BCUT2D eigenvalue weighted by molar-refractivity contribution is 5.85. The standard InChI is InChI=1S/C25H21NO6/c1-30-22(27)14-19(23-24(28)18-10-3-5-12-21(18)32-25(23)29)17-9-2-4-11-20(17)31-15-16-8-6-7-13-26-16/h2-13,19,28H,14-15H2,1H3/t19-/m1/s1. The number of hydrogen-bond donors (Lipinski definition) is 1. The molecule has 1 atom stereocenters. The molecule has 7 heteroatoms. The van der Waals surface area contributed by atoms with E-state index >= 15 is 0 Å². The molecule has 1 N–H and O–H groups in total. The molecule has 162 valence electrons. The summed E-state index contributed by atoms with van der Waals surface area (Å²) in [5.74, 6) is -1.16.